The van der Waals surface area contributed by atoms with Gasteiger partial charge in [0.05, 0.1) is 6.54 Å². The van der Waals surface area contributed by atoms with E-state index in [1.54, 1.807) is 10.8 Å². The van der Waals surface area contributed by atoms with Gasteiger partial charge in [0.1, 0.15) is 6.54 Å². The molecule has 0 bridgehead atoms. The number of carbonyl (C=O) groups is 2. The Labute approximate surface area is 100 Å². The van der Waals surface area contributed by atoms with E-state index in [0.717, 1.165) is 24.0 Å². The Hall–Kier alpha value is -2.02. The van der Waals surface area contributed by atoms with Crippen molar-refractivity contribution in [1.82, 2.24) is 9.88 Å². The highest BCUT2D eigenvalue weighted by Crippen LogP contribution is 2.21. The van der Waals surface area contributed by atoms with Crippen LogP contribution in [0.4, 0.5) is 0 Å². The largest absolute Gasteiger partial charge is 0.344 e. The maximum absolute atomic E-state index is 11.6. The molecular weight excluding hydrogens is 216 g/mol. The maximum atomic E-state index is 11.6. The van der Waals surface area contributed by atoms with E-state index < -0.39 is 0 Å². The maximum Gasteiger partial charge on any atom is 0.240 e. The first kappa shape index (κ1) is 11.5. The highest BCUT2D eigenvalue weighted by Gasteiger charge is 2.19. The molecule has 1 aromatic heterocycles. The third kappa shape index (κ3) is 2.56. The molecule has 2 rings (SSSR count). The number of nitrogens with one attached hydrogen (secondary N) is 1. The third-order valence-electron chi connectivity index (χ3n) is 2.83. The second-order valence-corrected chi connectivity index (χ2v) is 4.13. The van der Waals surface area contributed by atoms with Crippen molar-refractivity contribution in [2.24, 2.45) is 0 Å². The topological polar surface area (TPSA) is 51.1 Å². The number of hydrogen-bond acceptors (Lipinski definition) is 2. The number of carbonyl (C=O) groups excluding carboxylic acids is 2. The van der Waals surface area contributed by atoms with Gasteiger partial charge in [-0.05, 0) is 18.4 Å². The van der Waals surface area contributed by atoms with Gasteiger partial charge in [0.2, 0.25) is 5.91 Å². The molecule has 4 nitrogen and oxygen atoms in total. The first-order valence-electron chi connectivity index (χ1n) is 5.62. The molecule has 0 aliphatic heterocycles. The molecule has 1 amide bonds. The van der Waals surface area contributed by atoms with Crippen LogP contribution in [-0.4, -0.2) is 22.8 Å². The van der Waals surface area contributed by atoms with E-state index in [1.165, 1.54) is 0 Å². The molecule has 0 atom stereocenters. The Morgan fingerprint density at radius 2 is 2.29 bits per heavy atom. The lowest BCUT2D eigenvalue weighted by atomic mass is 9.95. The van der Waals surface area contributed by atoms with Gasteiger partial charge in [-0.3, -0.25) is 9.59 Å². The number of terminal acetylenes is 1. The molecule has 17 heavy (non-hydrogen) atoms. The number of Topliss-reactive ketones (excluding diaryl/α,β-unsaturated/α-hetero) is 1. The van der Waals surface area contributed by atoms with Crippen molar-refractivity contribution >= 4 is 11.7 Å². The van der Waals surface area contributed by atoms with E-state index in [9.17, 15) is 9.59 Å². The normalized spacial score (nSPS) is 13.9. The molecule has 0 saturated carbocycles. The van der Waals surface area contributed by atoms with Gasteiger partial charge in [-0.1, -0.05) is 5.92 Å². The zero-order valence-electron chi connectivity index (χ0n) is 9.53. The van der Waals surface area contributed by atoms with Crippen LogP contribution in [0.1, 0.15) is 28.8 Å². The average Bonchev–Trinajstić information content (AvgIpc) is 2.70. The molecule has 0 fully saturated rings. The molecule has 0 spiro atoms. The van der Waals surface area contributed by atoms with Crippen molar-refractivity contribution in [3.63, 3.8) is 0 Å². The van der Waals surface area contributed by atoms with Crippen LogP contribution in [0, 0.1) is 12.3 Å². The van der Waals surface area contributed by atoms with Crippen LogP contribution in [0.5, 0.6) is 0 Å². The van der Waals surface area contributed by atoms with Gasteiger partial charge in [-0.15, -0.1) is 6.42 Å². The first-order chi connectivity index (χ1) is 8.20. The minimum atomic E-state index is -0.136. The van der Waals surface area contributed by atoms with Crippen LogP contribution in [0.15, 0.2) is 12.4 Å². The quantitative estimate of drug-likeness (QED) is 0.779. The summed E-state index contributed by atoms with van der Waals surface area (Å²) in [6.45, 7) is 0.445. The van der Waals surface area contributed by atoms with Crippen LogP contribution in [-0.2, 0) is 17.8 Å². The summed E-state index contributed by atoms with van der Waals surface area (Å²) < 4.78 is 1.75. The van der Waals surface area contributed by atoms with Crippen LogP contribution in [0.25, 0.3) is 0 Å². The fraction of sp³-hybridized carbons (Fsp3) is 0.385. The van der Waals surface area contributed by atoms with E-state index >= 15 is 0 Å². The lowest BCUT2D eigenvalue weighted by Gasteiger charge is -2.07. The van der Waals surface area contributed by atoms with Crippen molar-refractivity contribution in [2.75, 3.05) is 6.54 Å². The monoisotopic (exact) mass is 230 g/mol. The summed E-state index contributed by atoms with van der Waals surface area (Å²) in [5.41, 5.74) is 1.81. The second kappa shape index (κ2) is 4.88. The molecular formula is C13H14N2O2. The Bertz CT molecular complexity index is 494. The van der Waals surface area contributed by atoms with Crippen molar-refractivity contribution in [3.8, 4) is 12.3 Å². The number of nitrogens with zero attached hydrogens (tertiary/aromatic N) is 1. The predicted octanol–water partition coefficient (Wildman–Crippen LogP) is 0.756. The molecule has 1 aliphatic carbocycles. The van der Waals surface area contributed by atoms with Crippen molar-refractivity contribution in [1.29, 1.82) is 0 Å². The lowest BCUT2D eigenvalue weighted by Crippen LogP contribution is -2.27. The number of amides is 1. The zero-order chi connectivity index (χ0) is 12.3. The van der Waals surface area contributed by atoms with Crippen LogP contribution in [0.3, 0.4) is 0 Å². The number of rotatable bonds is 3. The number of aromatic nitrogens is 1. The first-order valence-corrected chi connectivity index (χ1v) is 5.62. The summed E-state index contributed by atoms with van der Waals surface area (Å²) in [6.07, 6.45) is 11.1. The van der Waals surface area contributed by atoms with E-state index in [4.69, 9.17) is 6.42 Å². The average molecular weight is 230 g/mol. The summed E-state index contributed by atoms with van der Waals surface area (Å²) in [5, 5.41) is 2.59. The molecule has 0 aromatic carbocycles. The molecule has 0 unspecified atom stereocenters. The number of aryl methyl sites for hydroxylation is 1. The summed E-state index contributed by atoms with van der Waals surface area (Å²) >= 11 is 0. The number of ketones is 1. The summed E-state index contributed by atoms with van der Waals surface area (Å²) in [5.74, 6) is 2.38. The van der Waals surface area contributed by atoms with Crippen LogP contribution in [0.2, 0.25) is 0 Å². The van der Waals surface area contributed by atoms with E-state index in [0.29, 0.717) is 6.42 Å². The van der Waals surface area contributed by atoms with Crippen molar-refractivity contribution < 1.29 is 9.59 Å². The van der Waals surface area contributed by atoms with Gasteiger partial charge in [-0.2, -0.15) is 0 Å². The molecule has 1 N–H and O–H groups in total. The fourth-order valence-electron chi connectivity index (χ4n) is 2.04. The Kier molecular flexibility index (Phi) is 3.29. The third-order valence-corrected chi connectivity index (χ3v) is 2.83. The van der Waals surface area contributed by atoms with Gasteiger partial charge >= 0.3 is 0 Å². The van der Waals surface area contributed by atoms with Gasteiger partial charge in [0.25, 0.3) is 0 Å². The van der Waals surface area contributed by atoms with Crippen molar-refractivity contribution in [3.05, 3.63) is 23.5 Å². The number of hydrogen-bond donors (Lipinski definition) is 1. The molecule has 1 aliphatic rings. The van der Waals surface area contributed by atoms with Gasteiger partial charge in [0, 0.05) is 24.4 Å². The highest BCUT2D eigenvalue weighted by molar-refractivity contribution is 5.98. The Morgan fingerprint density at radius 1 is 1.47 bits per heavy atom. The smallest absolute Gasteiger partial charge is 0.240 e. The summed E-state index contributed by atoms with van der Waals surface area (Å²) in [7, 11) is 0. The number of fused-ring (bicyclic) bond motifs is 1. The molecule has 1 aromatic rings. The Balaban J connectivity index is 2.06. The fourth-order valence-corrected chi connectivity index (χ4v) is 2.04. The Morgan fingerprint density at radius 3 is 3.00 bits per heavy atom. The minimum Gasteiger partial charge on any atom is -0.344 e. The molecule has 88 valence electrons. The van der Waals surface area contributed by atoms with E-state index in [2.05, 4.69) is 11.2 Å². The zero-order valence-corrected chi connectivity index (χ0v) is 9.53. The second-order valence-electron chi connectivity index (χ2n) is 4.13. The molecule has 0 saturated heterocycles. The molecule has 4 heteroatoms. The predicted molar refractivity (Wildman–Crippen MR) is 63.5 cm³/mol. The summed E-state index contributed by atoms with van der Waals surface area (Å²) in [6, 6.07) is 0. The van der Waals surface area contributed by atoms with Crippen molar-refractivity contribution in [2.45, 2.75) is 25.8 Å². The van der Waals surface area contributed by atoms with E-state index in [1.807, 2.05) is 6.20 Å². The van der Waals surface area contributed by atoms with Gasteiger partial charge in [-0.25, -0.2) is 0 Å². The highest BCUT2D eigenvalue weighted by atomic mass is 16.2. The van der Waals surface area contributed by atoms with Crippen LogP contribution < -0.4 is 5.32 Å². The molecule has 0 radical (unpaired) electrons. The van der Waals surface area contributed by atoms with Crippen LogP contribution >= 0.6 is 0 Å². The summed E-state index contributed by atoms with van der Waals surface area (Å²) in [4.78, 5) is 23.1. The standard InChI is InChI=1S/C13H14N2O2/c1-2-6-14-13(17)9-15-7-10-4-3-5-12(16)11(10)8-15/h1,7-8H,3-6,9H2,(H,14,17). The molecule has 1 heterocycles. The van der Waals surface area contributed by atoms with Gasteiger partial charge in [0.15, 0.2) is 5.78 Å². The minimum absolute atomic E-state index is 0.136. The lowest BCUT2D eigenvalue weighted by molar-refractivity contribution is -0.121. The van der Waals surface area contributed by atoms with E-state index in [-0.39, 0.29) is 24.8 Å². The van der Waals surface area contributed by atoms with Gasteiger partial charge < -0.3 is 9.88 Å². The SMILES string of the molecule is C#CCNC(=O)Cn1cc2c(c1)C(=O)CCC2.